The van der Waals surface area contributed by atoms with Crippen LogP contribution < -0.4 is 4.90 Å². The fraction of sp³-hybridized carbons (Fsp3) is 0.167. The number of nitro groups is 1. The van der Waals surface area contributed by atoms with Crippen molar-refractivity contribution in [1.82, 2.24) is 0 Å². The van der Waals surface area contributed by atoms with Gasteiger partial charge in [0.05, 0.1) is 17.7 Å². The van der Waals surface area contributed by atoms with Crippen molar-refractivity contribution in [2.75, 3.05) is 12.0 Å². The number of carbonyl (C=O) groups excluding carboxylic acids is 2. The Kier molecular flexibility index (Phi) is 7.17. The summed E-state index contributed by atoms with van der Waals surface area (Å²) in [6.07, 6.45) is -0.746. The summed E-state index contributed by atoms with van der Waals surface area (Å²) in [5, 5.41) is 11.2. The number of nitro benzene ring substituents is 1. The number of nitrogens with zero attached hydrogens (tertiary/aromatic N) is 2. The Morgan fingerprint density at radius 3 is 2.38 bits per heavy atom. The van der Waals surface area contributed by atoms with Gasteiger partial charge in [-0.05, 0) is 24.1 Å². The van der Waals surface area contributed by atoms with E-state index < -0.39 is 23.0 Å². The van der Waals surface area contributed by atoms with E-state index in [1.54, 1.807) is 36.4 Å². The average molecular weight is 434 g/mol. The van der Waals surface area contributed by atoms with Gasteiger partial charge in [-0.2, -0.15) is 0 Å². The molecule has 0 aliphatic rings. The molecular weight excluding hydrogens is 412 g/mol. The molecule has 0 heterocycles. The van der Waals surface area contributed by atoms with Crippen LogP contribution in [0.4, 0.5) is 16.2 Å². The normalized spacial score (nSPS) is 11.3. The standard InChI is InChI=1S/C24H22N2O6/c1-17(23(27)31-2)25(24(28)32-16-18-9-4-3-5-10-18)22-14-7-6-13-21(22)19-11-8-12-20(15-19)26(29)30/h3-15,17H,16H2,1-2H3/t17-/m0/s1. The van der Waals surface area contributed by atoms with Crippen molar-refractivity contribution in [3.05, 3.63) is 94.5 Å². The molecule has 164 valence electrons. The van der Waals surface area contributed by atoms with Crippen LogP contribution >= 0.6 is 0 Å². The van der Waals surface area contributed by atoms with Gasteiger partial charge in [-0.25, -0.2) is 9.59 Å². The number of hydrogen-bond donors (Lipinski definition) is 0. The minimum atomic E-state index is -0.997. The molecule has 0 saturated heterocycles. The zero-order chi connectivity index (χ0) is 23.1. The number of benzene rings is 3. The third-order valence-corrected chi connectivity index (χ3v) is 4.86. The molecule has 0 aliphatic heterocycles. The molecule has 32 heavy (non-hydrogen) atoms. The van der Waals surface area contributed by atoms with Crippen LogP contribution in [0, 0.1) is 10.1 Å². The van der Waals surface area contributed by atoms with Crippen LogP contribution in [0.15, 0.2) is 78.9 Å². The Morgan fingerprint density at radius 1 is 1.00 bits per heavy atom. The minimum Gasteiger partial charge on any atom is -0.467 e. The summed E-state index contributed by atoms with van der Waals surface area (Å²) in [6, 6.07) is 21.0. The van der Waals surface area contributed by atoms with Gasteiger partial charge in [0, 0.05) is 17.7 Å². The molecule has 0 aromatic heterocycles. The van der Waals surface area contributed by atoms with Crippen LogP contribution in [-0.2, 0) is 20.9 Å². The number of carbonyl (C=O) groups is 2. The first kappa shape index (κ1) is 22.5. The highest BCUT2D eigenvalue weighted by molar-refractivity contribution is 5.99. The number of rotatable bonds is 7. The largest absolute Gasteiger partial charge is 0.467 e. The van der Waals surface area contributed by atoms with Crippen molar-refractivity contribution < 1.29 is 24.0 Å². The van der Waals surface area contributed by atoms with Gasteiger partial charge in [0.2, 0.25) is 0 Å². The Bertz CT molecular complexity index is 1120. The average Bonchev–Trinajstić information content (AvgIpc) is 2.83. The SMILES string of the molecule is COC(=O)[C@H](C)N(C(=O)OCc1ccccc1)c1ccccc1-c1cccc([N+](=O)[O-])c1. The molecule has 3 rings (SSSR count). The van der Waals surface area contributed by atoms with E-state index in [0.29, 0.717) is 16.8 Å². The van der Waals surface area contributed by atoms with Gasteiger partial charge >= 0.3 is 12.1 Å². The lowest BCUT2D eigenvalue weighted by atomic mass is 10.0. The third kappa shape index (κ3) is 5.10. The number of non-ortho nitro benzene ring substituents is 1. The molecule has 8 heteroatoms. The van der Waals surface area contributed by atoms with E-state index in [2.05, 4.69) is 0 Å². The second-order valence-electron chi connectivity index (χ2n) is 6.93. The highest BCUT2D eigenvalue weighted by atomic mass is 16.6. The molecule has 1 amide bonds. The maximum Gasteiger partial charge on any atom is 0.415 e. The summed E-state index contributed by atoms with van der Waals surface area (Å²) in [7, 11) is 1.23. The lowest BCUT2D eigenvalue weighted by Crippen LogP contribution is -2.44. The smallest absolute Gasteiger partial charge is 0.415 e. The summed E-state index contributed by atoms with van der Waals surface area (Å²) in [4.78, 5) is 37.4. The van der Waals surface area contributed by atoms with E-state index in [1.165, 1.54) is 31.1 Å². The van der Waals surface area contributed by atoms with Crippen molar-refractivity contribution in [2.24, 2.45) is 0 Å². The summed E-state index contributed by atoms with van der Waals surface area (Å²) < 4.78 is 10.3. The van der Waals surface area contributed by atoms with Gasteiger partial charge in [0.15, 0.2) is 0 Å². The molecule has 3 aromatic rings. The predicted octanol–water partition coefficient (Wildman–Crippen LogP) is 4.97. The summed E-state index contributed by atoms with van der Waals surface area (Å²) in [5.74, 6) is -0.629. The van der Waals surface area contributed by atoms with E-state index in [4.69, 9.17) is 9.47 Å². The van der Waals surface area contributed by atoms with Crippen LogP contribution in [0.1, 0.15) is 12.5 Å². The van der Waals surface area contributed by atoms with Crippen molar-refractivity contribution in [3.8, 4) is 11.1 Å². The van der Waals surface area contributed by atoms with E-state index >= 15 is 0 Å². The van der Waals surface area contributed by atoms with Gasteiger partial charge in [0.25, 0.3) is 5.69 Å². The molecule has 3 aromatic carbocycles. The van der Waals surface area contributed by atoms with E-state index in [-0.39, 0.29) is 12.3 Å². The van der Waals surface area contributed by atoms with Crippen LogP contribution in [-0.4, -0.2) is 30.1 Å². The summed E-state index contributed by atoms with van der Waals surface area (Å²) in [5.41, 5.74) is 2.12. The Labute approximate surface area is 185 Å². The number of anilines is 1. The lowest BCUT2D eigenvalue weighted by Gasteiger charge is -2.28. The number of para-hydroxylation sites is 1. The Balaban J connectivity index is 2.02. The van der Waals surface area contributed by atoms with E-state index in [9.17, 15) is 19.7 Å². The summed E-state index contributed by atoms with van der Waals surface area (Å²) >= 11 is 0. The molecule has 0 unspecified atom stereocenters. The Morgan fingerprint density at radius 2 is 1.69 bits per heavy atom. The van der Waals surface area contributed by atoms with Crippen LogP contribution in [0.5, 0.6) is 0 Å². The van der Waals surface area contributed by atoms with Crippen LogP contribution in [0.2, 0.25) is 0 Å². The van der Waals surface area contributed by atoms with Gasteiger partial charge in [-0.3, -0.25) is 15.0 Å². The molecule has 0 radical (unpaired) electrons. The van der Waals surface area contributed by atoms with Crippen LogP contribution in [0.3, 0.4) is 0 Å². The fourth-order valence-corrected chi connectivity index (χ4v) is 3.24. The number of methoxy groups -OCH3 is 1. The van der Waals surface area contributed by atoms with Crippen molar-refractivity contribution in [1.29, 1.82) is 0 Å². The molecule has 0 N–H and O–H groups in total. The van der Waals surface area contributed by atoms with Crippen molar-refractivity contribution in [2.45, 2.75) is 19.6 Å². The molecule has 0 saturated carbocycles. The zero-order valence-corrected chi connectivity index (χ0v) is 17.6. The van der Waals surface area contributed by atoms with Crippen molar-refractivity contribution >= 4 is 23.4 Å². The molecule has 0 bridgehead atoms. The topological polar surface area (TPSA) is 99.0 Å². The molecular formula is C24H22N2O6. The second-order valence-corrected chi connectivity index (χ2v) is 6.93. The first-order valence-electron chi connectivity index (χ1n) is 9.84. The fourth-order valence-electron chi connectivity index (χ4n) is 3.24. The van der Waals surface area contributed by atoms with Gasteiger partial charge in [0.1, 0.15) is 12.6 Å². The molecule has 0 fully saturated rings. The van der Waals surface area contributed by atoms with Gasteiger partial charge in [-0.1, -0.05) is 60.7 Å². The zero-order valence-electron chi connectivity index (χ0n) is 17.6. The van der Waals surface area contributed by atoms with Gasteiger partial charge in [-0.15, -0.1) is 0 Å². The lowest BCUT2D eigenvalue weighted by molar-refractivity contribution is -0.384. The quantitative estimate of drug-likeness (QED) is 0.296. The maximum atomic E-state index is 13.1. The monoisotopic (exact) mass is 434 g/mol. The molecule has 0 spiro atoms. The van der Waals surface area contributed by atoms with Crippen molar-refractivity contribution in [3.63, 3.8) is 0 Å². The molecule has 1 atom stereocenters. The van der Waals surface area contributed by atoms with Crippen LogP contribution in [0.25, 0.3) is 11.1 Å². The van der Waals surface area contributed by atoms with E-state index in [1.807, 2.05) is 30.3 Å². The number of ether oxygens (including phenoxy) is 2. The van der Waals surface area contributed by atoms with E-state index in [0.717, 1.165) is 5.56 Å². The number of esters is 1. The minimum absolute atomic E-state index is 0.0169. The van der Waals surface area contributed by atoms with Gasteiger partial charge < -0.3 is 9.47 Å². The number of hydrogen-bond acceptors (Lipinski definition) is 6. The maximum absolute atomic E-state index is 13.1. The highest BCUT2D eigenvalue weighted by Crippen LogP contribution is 2.34. The second kappa shape index (κ2) is 10.2. The Hall–Kier alpha value is -4.20. The third-order valence-electron chi connectivity index (χ3n) is 4.86. The summed E-state index contributed by atoms with van der Waals surface area (Å²) in [6.45, 7) is 1.54. The molecule has 0 aliphatic carbocycles. The first-order valence-corrected chi connectivity index (χ1v) is 9.84. The first-order chi connectivity index (χ1) is 15.4. The molecule has 8 nitrogen and oxygen atoms in total. The predicted molar refractivity (Wildman–Crippen MR) is 119 cm³/mol. The number of amides is 1. The highest BCUT2D eigenvalue weighted by Gasteiger charge is 2.31.